The van der Waals surface area contributed by atoms with E-state index in [2.05, 4.69) is 25.7 Å². The largest absolute Gasteiger partial charge is 0.388 e. The molecule has 15 heavy (non-hydrogen) atoms. The Hall–Kier alpha value is -2.04. The van der Waals surface area contributed by atoms with Crippen molar-refractivity contribution in [2.75, 3.05) is 12.4 Å². The Balaban J connectivity index is 2.33. The maximum atomic E-state index is 3.96. The summed E-state index contributed by atoms with van der Waals surface area (Å²) in [4.78, 5) is 0. The van der Waals surface area contributed by atoms with E-state index in [0.717, 1.165) is 11.3 Å². The van der Waals surface area contributed by atoms with Crippen molar-refractivity contribution in [3.63, 3.8) is 0 Å². The van der Waals surface area contributed by atoms with Crippen LogP contribution in [0, 0.1) is 6.92 Å². The normalized spacial score (nSPS) is 10.0. The highest BCUT2D eigenvalue weighted by Crippen LogP contribution is 2.15. The van der Waals surface area contributed by atoms with E-state index >= 15 is 0 Å². The van der Waals surface area contributed by atoms with Gasteiger partial charge in [0.15, 0.2) is 5.82 Å². The lowest BCUT2D eigenvalue weighted by molar-refractivity contribution is 0.816. The number of hydrogen-bond donors (Lipinski definition) is 1. The summed E-state index contributed by atoms with van der Waals surface area (Å²) in [6.07, 6.45) is 0. The van der Waals surface area contributed by atoms with Crippen LogP contribution in [0.5, 0.6) is 0 Å². The van der Waals surface area contributed by atoms with Crippen molar-refractivity contribution < 1.29 is 0 Å². The second kappa shape index (κ2) is 4.00. The van der Waals surface area contributed by atoms with Gasteiger partial charge in [-0.25, -0.2) is 0 Å². The third kappa shape index (κ3) is 2.07. The highest BCUT2D eigenvalue weighted by molar-refractivity contribution is 5.58. The Morgan fingerprint density at radius 2 is 1.53 bits per heavy atom. The van der Waals surface area contributed by atoms with Gasteiger partial charge < -0.3 is 5.32 Å². The monoisotopic (exact) mass is 201 g/mol. The van der Waals surface area contributed by atoms with Crippen molar-refractivity contribution in [2.45, 2.75) is 6.92 Å². The molecule has 1 aromatic heterocycles. The van der Waals surface area contributed by atoms with Gasteiger partial charge in [0, 0.05) is 18.3 Å². The summed E-state index contributed by atoms with van der Waals surface area (Å²) in [5.41, 5.74) is 1.96. The summed E-state index contributed by atoms with van der Waals surface area (Å²) in [5, 5.41) is 18.7. The molecule has 0 aliphatic rings. The predicted octanol–water partition coefficient (Wildman–Crippen LogP) is 1.28. The molecular weight excluding hydrogens is 190 g/mol. The molecule has 0 spiro atoms. The summed E-state index contributed by atoms with van der Waals surface area (Å²) in [6, 6.07) is 7.77. The average molecular weight is 201 g/mol. The molecule has 2 rings (SSSR count). The van der Waals surface area contributed by atoms with Gasteiger partial charge in [0.1, 0.15) is 0 Å². The number of rotatable bonds is 2. The molecule has 0 fully saturated rings. The topological polar surface area (TPSA) is 63.6 Å². The first kappa shape index (κ1) is 9.51. The minimum absolute atomic E-state index is 0.545. The Morgan fingerprint density at radius 1 is 0.933 bits per heavy atom. The van der Waals surface area contributed by atoms with E-state index in [-0.39, 0.29) is 0 Å². The predicted molar refractivity (Wildman–Crippen MR) is 57.3 cm³/mol. The van der Waals surface area contributed by atoms with Crippen molar-refractivity contribution in [3.8, 4) is 11.4 Å². The minimum Gasteiger partial charge on any atom is -0.388 e. The molecule has 0 bridgehead atoms. The summed E-state index contributed by atoms with van der Waals surface area (Å²) < 4.78 is 0. The number of nitrogens with zero attached hydrogens (tertiary/aromatic N) is 4. The van der Waals surface area contributed by atoms with Crippen molar-refractivity contribution in [2.24, 2.45) is 0 Å². The van der Waals surface area contributed by atoms with Gasteiger partial charge in [-0.2, -0.15) is 0 Å². The van der Waals surface area contributed by atoms with Crippen molar-refractivity contribution in [3.05, 3.63) is 30.1 Å². The third-order valence-electron chi connectivity index (χ3n) is 2.01. The molecule has 0 amide bonds. The second-order valence-electron chi connectivity index (χ2n) is 3.10. The molecule has 0 saturated carbocycles. The number of nitrogens with one attached hydrogen (secondary N) is 1. The van der Waals surface area contributed by atoms with Crippen LogP contribution in [0.2, 0.25) is 0 Å². The zero-order valence-corrected chi connectivity index (χ0v) is 8.60. The molecule has 0 unspecified atom stereocenters. The fourth-order valence-corrected chi connectivity index (χ4v) is 1.18. The van der Waals surface area contributed by atoms with E-state index in [1.807, 2.05) is 31.3 Å². The highest BCUT2D eigenvalue weighted by atomic mass is 15.3. The van der Waals surface area contributed by atoms with Gasteiger partial charge in [0.05, 0.1) is 0 Å². The van der Waals surface area contributed by atoms with E-state index in [4.69, 9.17) is 0 Å². The molecule has 0 radical (unpaired) electrons. The SMILES string of the molecule is CNc1ccc(-c2nnc(C)nn2)cc1. The zero-order valence-electron chi connectivity index (χ0n) is 8.60. The first-order chi connectivity index (χ1) is 7.29. The van der Waals surface area contributed by atoms with Crippen LogP contribution in [0.4, 0.5) is 5.69 Å². The summed E-state index contributed by atoms with van der Waals surface area (Å²) in [5.74, 6) is 1.12. The summed E-state index contributed by atoms with van der Waals surface area (Å²) in [6.45, 7) is 1.76. The van der Waals surface area contributed by atoms with Gasteiger partial charge in [-0.1, -0.05) is 0 Å². The molecular formula is C10H11N5. The van der Waals surface area contributed by atoms with Gasteiger partial charge in [-0.05, 0) is 31.2 Å². The van der Waals surface area contributed by atoms with E-state index in [1.54, 1.807) is 6.92 Å². The van der Waals surface area contributed by atoms with Crippen LogP contribution in [-0.4, -0.2) is 27.4 Å². The van der Waals surface area contributed by atoms with Crippen LogP contribution in [0.25, 0.3) is 11.4 Å². The Kier molecular flexibility index (Phi) is 2.53. The van der Waals surface area contributed by atoms with Crippen molar-refractivity contribution >= 4 is 5.69 Å². The van der Waals surface area contributed by atoms with Gasteiger partial charge in [0.2, 0.25) is 5.82 Å². The summed E-state index contributed by atoms with van der Waals surface area (Å²) in [7, 11) is 1.88. The van der Waals surface area contributed by atoms with Crippen LogP contribution < -0.4 is 5.32 Å². The molecule has 5 heteroatoms. The van der Waals surface area contributed by atoms with E-state index in [9.17, 15) is 0 Å². The fourth-order valence-electron chi connectivity index (χ4n) is 1.18. The first-order valence-electron chi connectivity index (χ1n) is 4.62. The number of hydrogen-bond acceptors (Lipinski definition) is 5. The number of benzene rings is 1. The van der Waals surface area contributed by atoms with E-state index in [1.165, 1.54) is 0 Å². The second-order valence-corrected chi connectivity index (χ2v) is 3.10. The fraction of sp³-hybridized carbons (Fsp3) is 0.200. The van der Waals surface area contributed by atoms with Crippen molar-refractivity contribution in [1.29, 1.82) is 0 Å². The Bertz CT molecular complexity index is 434. The maximum Gasteiger partial charge on any atom is 0.203 e. The molecule has 2 aromatic rings. The smallest absolute Gasteiger partial charge is 0.203 e. The maximum absolute atomic E-state index is 3.96. The molecule has 0 aliphatic heterocycles. The molecule has 0 saturated heterocycles. The van der Waals surface area contributed by atoms with E-state index < -0.39 is 0 Å². The molecule has 76 valence electrons. The van der Waals surface area contributed by atoms with Crippen LogP contribution in [0.15, 0.2) is 24.3 Å². The quantitative estimate of drug-likeness (QED) is 0.793. The molecule has 1 heterocycles. The highest BCUT2D eigenvalue weighted by Gasteiger charge is 2.01. The lowest BCUT2D eigenvalue weighted by Gasteiger charge is -2.01. The molecule has 1 aromatic carbocycles. The number of aromatic nitrogens is 4. The third-order valence-corrected chi connectivity index (χ3v) is 2.01. The van der Waals surface area contributed by atoms with Crippen LogP contribution in [0.1, 0.15) is 5.82 Å². The van der Waals surface area contributed by atoms with Gasteiger partial charge in [0.25, 0.3) is 0 Å². The lowest BCUT2D eigenvalue weighted by Crippen LogP contribution is -1.98. The number of anilines is 1. The van der Waals surface area contributed by atoms with E-state index in [0.29, 0.717) is 11.6 Å². The summed E-state index contributed by atoms with van der Waals surface area (Å²) >= 11 is 0. The Labute approximate surface area is 87.6 Å². The van der Waals surface area contributed by atoms with Crippen LogP contribution >= 0.6 is 0 Å². The van der Waals surface area contributed by atoms with Crippen LogP contribution in [0.3, 0.4) is 0 Å². The molecule has 5 nitrogen and oxygen atoms in total. The standard InChI is InChI=1S/C10H11N5/c1-7-12-14-10(15-13-7)8-3-5-9(11-2)6-4-8/h3-6,11H,1-2H3. The van der Waals surface area contributed by atoms with Crippen molar-refractivity contribution in [1.82, 2.24) is 20.4 Å². The molecule has 0 atom stereocenters. The van der Waals surface area contributed by atoms with Gasteiger partial charge in [-0.3, -0.25) is 0 Å². The van der Waals surface area contributed by atoms with Gasteiger partial charge in [-0.15, -0.1) is 20.4 Å². The zero-order chi connectivity index (χ0) is 10.7. The van der Waals surface area contributed by atoms with Crippen LogP contribution in [-0.2, 0) is 0 Å². The molecule has 1 N–H and O–H groups in total. The first-order valence-corrected chi connectivity index (χ1v) is 4.62. The average Bonchev–Trinajstić information content (AvgIpc) is 2.30. The van der Waals surface area contributed by atoms with Gasteiger partial charge >= 0.3 is 0 Å². The Morgan fingerprint density at radius 3 is 2.07 bits per heavy atom. The lowest BCUT2D eigenvalue weighted by atomic mass is 10.2. The molecule has 0 aliphatic carbocycles. The number of aryl methyl sites for hydroxylation is 1. The minimum atomic E-state index is 0.545.